The Balaban J connectivity index is 1.48. The van der Waals surface area contributed by atoms with Gasteiger partial charge >= 0.3 is 12.0 Å². The van der Waals surface area contributed by atoms with Crippen molar-refractivity contribution >= 4 is 23.6 Å². The highest BCUT2D eigenvalue weighted by Gasteiger charge is 2.40. The van der Waals surface area contributed by atoms with Crippen molar-refractivity contribution in [2.75, 3.05) is 18.4 Å². The fourth-order valence-corrected chi connectivity index (χ4v) is 3.75. The fourth-order valence-electron chi connectivity index (χ4n) is 3.75. The first-order valence-electron chi connectivity index (χ1n) is 9.76. The topological polar surface area (TPSA) is 98.7 Å². The van der Waals surface area contributed by atoms with Crippen LogP contribution in [0.3, 0.4) is 0 Å². The smallest absolute Gasteiger partial charge is 0.319 e. The maximum Gasteiger partial charge on any atom is 0.319 e. The number of hydrogen-bond acceptors (Lipinski definition) is 3. The summed E-state index contributed by atoms with van der Waals surface area (Å²) >= 11 is 0. The normalized spacial score (nSPS) is 20.9. The molecular weight excluding hydrogens is 370 g/mol. The number of urea groups is 1. The highest BCUT2D eigenvalue weighted by atomic mass is 16.4. The summed E-state index contributed by atoms with van der Waals surface area (Å²) in [5, 5.41) is 15.2. The second-order valence-electron chi connectivity index (χ2n) is 7.63. The second kappa shape index (κ2) is 7.95. The Morgan fingerprint density at radius 1 is 0.966 bits per heavy atom. The van der Waals surface area contributed by atoms with Crippen molar-refractivity contribution in [2.45, 2.75) is 24.8 Å². The number of anilines is 1. The molecule has 4 rings (SSSR count). The zero-order valence-electron chi connectivity index (χ0n) is 15.9. The van der Waals surface area contributed by atoms with E-state index in [1.165, 1.54) is 0 Å². The number of nitrogens with zero attached hydrogens (tertiary/aromatic N) is 1. The largest absolute Gasteiger partial charge is 0.481 e. The maximum absolute atomic E-state index is 13.0. The van der Waals surface area contributed by atoms with Crippen LogP contribution < -0.4 is 10.6 Å². The lowest BCUT2D eigenvalue weighted by Crippen LogP contribution is -2.31. The molecule has 0 bridgehead atoms. The van der Waals surface area contributed by atoms with Gasteiger partial charge in [-0.15, -0.1) is 0 Å². The summed E-state index contributed by atoms with van der Waals surface area (Å²) < 4.78 is 0. The second-order valence-corrected chi connectivity index (χ2v) is 7.63. The van der Waals surface area contributed by atoms with E-state index < -0.39 is 11.9 Å². The third-order valence-electron chi connectivity index (χ3n) is 5.43. The van der Waals surface area contributed by atoms with Gasteiger partial charge in [-0.05, 0) is 36.6 Å². The number of nitrogens with one attached hydrogen (secondary N) is 2. The number of carbonyl (C=O) groups excluding carboxylic acids is 2. The van der Waals surface area contributed by atoms with E-state index in [1.807, 2.05) is 30.3 Å². The monoisotopic (exact) mass is 393 g/mol. The Morgan fingerprint density at radius 3 is 2.41 bits per heavy atom. The first-order valence-corrected chi connectivity index (χ1v) is 9.76. The summed E-state index contributed by atoms with van der Waals surface area (Å²) in [4.78, 5) is 38.3. The molecule has 1 aliphatic heterocycles. The molecule has 2 atom stereocenters. The number of benzene rings is 2. The summed E-state index contributed by atoms with van der Waals surface area (Å²) in [6, 6.07) is 16.1. The van der Waals surface area contributed by atoms with Crippen molar-refractivity contribution in [2.24, 2.45) is 5.92 Å². The van der Waals surface area contributed by atoms with Crippen LogP contribution in [0.1, 0.15) is 34.7 Å². The van der Waals surface area contributed by atoms with Crippen LogP contribution in [0.15, 0.2) is 54.6 Å². The molecule has 2 aromatic rings. The van der Waals surface area contributed by atoms with Crippen LogP contribution in [-0.2, 0) is 4.79 Å². The average Bonchev–Trinajstić information content (AvgIpc) is 3.41. The van der Waals surface area contributed by atoms with Crippen LogP contribution in [0.4, 0.5) is 10.5 Å². The van der Waals surface area contributed by atoms with Crippen molar-refractivity contribution in [1.29, 1.82) is 0 Å². The number of carboxylic acid groups (broad SMARTS) is 1. The third-order valence-corrected chi connectivity index (χ3v) is 5.43. The Hall–Kier alpha value is -3.35. The van der Waals surface area contributed by atoms with Gasteiger partial charge in [-0.3, -0.25) is 9.59 Å². The van der Waals surface area contributed by atoms with Crippen LogP contribution in [0, 0.1) is 5.92 Å². The molecule has 0 spiro atoms. The van der Waals surface area contributed by atoms with E-state index in [2.05, 4.69) is 10.6 Å². The lowest BCUT2D eigenvalue weighted by Gasteiger charge is -2.17. The average molecular weight is 393 g/mol. The van der Waals surface area contributed by atoms with Crippen molar-refractivity contribution in [3.8, 4) is 0 Å². The SMILES string of the molecule is O=C(Nc1cccc(C(=O)N2C[C@H](c3ccccc3)[C@H](C(=O)O)C2)c1)NC1CC1. The molecule has 2 aliphatic rings. The molecule has 7 heteroatoms. The van der Waals surface area contributed by atoms with Gasteiger partial charge in [0.1, 0.15) is 0 Å². The highest BCUT2D eigenvalue weighted by molar-refractivity contribution is 5.97. The predicted molar refractivity (Wildman–Crippen MR) is 108 cm³/mol. The lowest BCUT2D eigenvalue weighted by molar-refractivity contribution is -0.141. The molecule has 0 radical (unpaired) electrons. The summed E-state index contributed by atoms with van der Waals surface area (Å²) in [5.41, 5.74) is 1.87. The van der Waals surface area contributed by atoms with Gasteiger partial charge in [0.2, 0.25) is 0 Å². The maximum atomic E-state index is 13.0. The predicted octanol–water partition coefficient (Wildman–Crippen LogP) is 2.91. The van der Waals surface area contributed by atoms with E-state index >= 15 is 0 Å². The molecule has 2 fully saturated rings. The standard InChI is InChI=1S/C22H23N3O4/c26-20(15-7-4-8-17(11-15)24-22(29)23-16-9-10-16)25-12-18(19(13-25)21(27)28)14-5-2-1-3-6-14/h1-8,11,16,18-19H,9-10,12-13H2,(H,27,28)(H2,23,24,29)/t18-,19-/m1/s1. The third kappa shape index (κ3) is 4.39. The summed E-state index contributed by atoms with van der Waals surface area (Å²) in [6.07, 6.45) is 1.99. The van der Waals surface area contributed by atoms with Gasteiger partial charge in [-0.25, -0.2) is 4.79 Å². The van der Waals surface area contributed by atoms with E-state index in [-0.39, 0.29) is 30.4 Å². The molecule has 1 saturated heterocycles. The van der Waals surface area contributed by atoms with E-state index in [0.29, 0.717) is 17.8 Å². The number of hydrogen-bond donors (Lipinski definition) is 3. The van der Waals surface area contributed by atoms with Crippen molar-refractivity contribution in [3.05, 3.63) is 65.7 Å². The fraction of sp³-hybridized carbons (Fsp3) is 0.318. The lowest BCUT2D eigenvalue weighted by atomic mass is 9.89. The van der Waals surface area contributed by atoms with Gasteiger partial charge in [0.25, 0.3) is 5.91 Å². The zero-order chi connectivity index (χ0) is 20.4. The molecule has 0 unspecified atom stereocenters. The minimum Gasteiger partial charge on any atom is -0.481 e. The Kier molecular flexibility index (Phi) is 5.20. The van der Waals surface area contributed by atoms with Gasteiger partial charge in [-0.2, -0.15) is 0 Å². The van der Waals surface area contributed by atoms with Gasteiger partial charge in [0.05, 0.1) is 5.92 Å². The first-order chi connectivity index (χ1) is 14.0. The summed E-state index contributed by atoms with van der Waals surface area (Å²) in [5.74, 6) is -2.03. The highest BCUT2D eigenvalue weighted by Crippen LogP contribution is 2.33. The van der Waals surface area contributed by atoms with Crippen molar-refractivity contribution < 1.29 is 19.5 Å². The van der Waals surface area contributed by atoms with E-state index in [9.17, 15) is 19.5 Å². The minimum absolute atomic E-state index is 0.160. The molecule has 3 amide bonds. The van der Waals surface area contributed by atoms with E-state index in [4.69, 9.17) is 0 Å². The number of rotatable bonds is 5. The Bertz CT molecular complexity index is 927. The number of carbonyl (C=O) groups is 3. The molecule has 1 aliphatic carbocycles. The summed E-state index contributed by atoms with van der Waals surface area (Å²) in [7, 11) is 0. The molecule has 150 valence electrons. The van der Waals surface area contributed by atoms with Crippen LogP contribution in [0.2, 0.25) is 0 Å². The van der Waals surface area contributed by atoms with Gasteiger partial charge < -0.3 is 20.6 Å². The van der Waals surface area contributed by atoms with E-state index in [1.54, 1.807) is 29.2 Å². The number of aliphatic carboxylic acids is 1. The Labute approximate surface area is 168 Å². The number of carboxylic acids is 1. The van der Waals surface area contributed by atoms with Crippen LogP contribution >= 0.6 is 0 Å². The molecule has 3 N–H and O–H groups in total. The Morgan fingerprint density at radius 2 is 1.72 bits per heavy atom. The first kappa shape index (κ1) is 19.0. The molecule has 0 aromatic heterocycles. The zero-order valence-corrected chi connectivity index (χ0v) is 15.9. The minimum atomic E-state index is -0.902. The number of likely N-dealkylation sites (tertiary alicyclic amines) is 1. The van der Waals surface area contributed by atoms with Crippen molar-refractivity contribution in [1.82, 2.24) is 10.2 Å². The molecule has 1 saturated carbocycles. The van der Waals surface area contributed by atoms with Crippen molar-refractivity contribution in [3.63, 3.8) is 0 Å². The molecule has 1 heterocycles. The molecular formula is C22H23N3O4. The van der Waals surface area contributed by atoms with Gasteiger partial charge in [0, 0.05) is 36.3 Å². The van der Waals surface area contributed by atoms with Gasteiger partial charge in [-0.1, -0.05) is 36.4 Å². The van der Waals surface area contributed by atoms with Crippen LogP contribution in [0.5, 0.6) is 0 Å². The quantitative estimate of drug-likeness (QED) is 0.727. The molecule has 2 aromatic carbocycles. The van der Waals surface area contributed by atoms with Crippen LogP contribution in [0.25, 0.3) is 0 Å². The van der Waals surface area contributed by atoms with Crippen LogP contribution in [-0.4, -0.2) is 47.0 Å². The van der Waals surface area contributed by atoms with E-state index in [0.717, 1.165) is 18.4 Å². The number of amides is 3. The molecule has 7 nitrogen and oxygen atoms in total. The summed E-state index contributed by atoms with van der Waals surface area (Å²) in [6.45, 7) is 0.507. The van der Waals surface area contributed by atoms with Gasteiger partial charge in [0.15, 0.2) is 0 Å². The molecule has 29 heavy (non-hydrogen) atoms.